The molecule has 3 heterocycles. The zero-order valence-electron chi connectivity index (χ0n) is 19.9. The Morgan fingerprint density at radius 2 is 1.86 bits per heavy atom. The molecular formula is C26H25FN6O3. The second kappa shape index (κ2) is 10.1. The second-order valence-electron chi connectivity index (χ2n) is 8.24. The van der Waals surface area contributed by atoms with E-state index in [2.05, 4.69) is 20.6 Å². The van der Waals surface area contributed by atoms with Crippen LogP contribution in [0.4, 0.5) is 15.9 Å². The Morgan fingerprint density at radius 3 is 2.64 bits per heavy atom. The standard InChI is InChI=1S/C26H25FN6O3/c1-35-22-10-3-16(13-23(22)36-2)19-8-9-20-24(32-19)25(30-15-29-20)33-12-11-28-14-21(33)26(34)31-18-6-4-17(27)5-7-18/h3-10,13,15,21,28H,11-12,14H2,1-2H3,(H,31,34). The first-order chi connectivity index (χ1) is 17.6. The number of fused-ring (bicyclic) bond motifs is 1. The fourth-order valence-electron chi connectivity index (χ4n) is 4.24. The van der Waals surface area contributed by atoms with Gasteiger partial charge in [-0.3, -0.25) is 4.79 Å². The van der Waals surface area contributed by atoms with E-state index in [1.807, 2.05) is 35.2 Å². The van der Waals surface area contributed by atoms with E-state index in [0.29, 0.717) is 59.4 Å². The van der Waals surface area contributed by atoms with Gasteiger partial charge < -0.3 is 25.0 Å². The SMILES string of the molecule is COc1ccc(-c2ccc3ncnc(N4CCNCC4C(=O)Nc4ccc(F)cc4)c3n2)cc1OC. The molecule has 0 radical (unpaired) electrons. The molecule has 2 aromatic carbocycles. The lowest BCUT2D eigenvalue weighted by Gasteiger charge is -2.36. The van der Waals surface area contributed by atoms with Crippen LogP contribution >= 0.6 is 0 Å². The Bertz CT molecular complexity index is 1400. The first kappa shape index (κ1) is 23.4. The highest BCUT2D eigenvalue weighted by Gasteiger charge is 2.31. The molecule has 5 rings (SSSR count). The molecule has 1 unspecified atom stereocenters. The van der Waals surface area contributed by atoms with Gasteiger partial charge in [-0.15, -0.1) is 0 Å². The van der Waals surface area contributed by atoms with Crippen molar-refractivity contribution in [2.24, 2.45) is 0 Å². The van der Waals surface area contributed by atoms with Crippen molar-refractivity contribution in [3.05, 3.63) is 66.7 Å². The molecule has 10 heteroatoms. The third-order valence-corrected chi connectivity index (χ3v) is 6.07. The second-order valence-corrected chi connectivity index (χ2v) is 8.24. The number of nitrogens with one attached hydrogen (secondary N) is 2. The van der Waals surface area contributed by atoms with Crippen LogP contribution in [-0.2, 0) is 4.79 Å². The predicted molar refractivity (Wildman–Crippen MR) is 135 cm³/mol. The lowest BCUT2D eigenvalue weighted by Crippen LogP contribution is -2.57. The van der Waals surface area contributed by atoms with Crippen LogP contribution in [0, 0.1) is 5.82 Å². The number of ether oxygens (including phenoxy) is 2. The number of hydrogen-bond acceptors (Lipinski definition) is 8. The summed E-state index contributed by atoms with van der Waals surface area (Å²) in [6, 6.07) is 14.5. The summed E-state index contributed by atoms with van der Waals surface area (Å²) in [5.41, 5.74) is 3.33. The lowest BCUT2D eigenvalue weighted by molar-refractivity contribution is -0.117. The van der Waals surface area contributed by atoms with Gasteiger partial charge in [0.05, 0.1) is 25.4 Å². The minimum absolute atomic E-state index is 0.225. The number of piperazine rings is 1. The summed E-state index contributed by atoms with van der Waals surface area (Å²) in [5.74, 6) is 1.21. The molecule has 1 fully saturated rings. The molecule has 1 atom stereocenters. The van der Waals surface area contributed by atoms with Crippen molar-refractivity contribution in [2.45, 2.75) is 6.04 Å². The average Bonchev–Trinajstić information content (AvgIpc) is 2.93. The smallest absolute Gasteiger partial charge is 0.248 e. The van der Waals surface area contributed by atoms with Gasteiger partial charge in [0.2, 0.25) is 5.91 Å². The van der Waals surface area contributed by atoms with Crippen molar-refractivity contribution < 1.29 is 18.7 Å². The highest BCUT2D eigenvalue weighted by atomic mass is 19.1. The lowest BCUT2D eigenvalue weighted by atomic mass is 10.1. The largest absolute Gasteiger partial charge is 0.493 e. The molecule has 184 valence electrons. The number of methoxy groups -OCH3 is 2. The van der Waals surface area contributed by atoms with E-state index in [-0.39, 0.29) is 11.7 Å². The molecule has 0 saturated carbocycles. The van der Waals surface area contributed by atoms with Gasteiger partial charge in [-0.25, -0.2) is 19.3 Å². The molecule has 2 N–H and O–H groups in total. The van der Waals surface area contributed by atoms with Gasteiger partial charge in [0.25, 0.3) is 0 Å². The Balaban J connectivity index is 1.50. The topological polar surface area (TPSA) is 102 Å². The number of anilines is 2. The van der Waals surface area contributed by atoms with Crippen LogP contribution in [0.5, 0.6) is 11.5 Å². The van der Waals surface area contributed by atoms with Crippen LogP contribution in [0.1, 0.15) is 0 Å². The number of benzene rings is 2. The summed E-state index contributed by atoms with van der Waals surface area (Å²) in [7, 11) is 3.18. The minimum atomic E-state index is -0.548. The quantitative estimate of drug-likeness (QED) is 0.427. The number of nitrogens with zero attached hydrogens (tertiary/aromatic N) is 4. The number of aromatic nitrogens is 3. The third kappa shape index (κ3) is 4.63. The van der Waals surface area contributed by atoms with Gasteiger partial charge in [-0.1, -0.05) is 0 Å². The normalized spacial score (nSPS) is 15.5. The summed E-state index contributed by atoms with van der Waals surface area (Å²) in [5, 5.41) is 6.14. The predicted octanol–water partition coefficient (Wildman–Crippen LogP) is 3.27. The number of carbonyl (C=O) groups is 1. The summed E-state index contributed by atoms with van der Waals surface area (Å²) in [6.45, 7) is 1.66. The van der Waals surface area contributed by atoms with Crippen LogP contribution in [0.3, 0.4) is 0 Å². The van der Waals surface area contributed by atoms with E-state index < -0.39 is 6.04 Å². The van der Waals surface area contributed by atoms with Crippen molar-refractivity contribution in [3.63, 3.8) is 0 Å². The van der Waals surface area contributed by atoms with Crippen molar-refractivity contribution in [3.8, 4) is 22.8 Å². The van der Waals surface area contributed by atoms with Crippen molar-refractivity contribution in [2.75, 3.05) is 44.1 Å². The molecule has 1 amide bonds. The molecule has 1 aliphatic rings. The van der Waals surface area contributed by atoms with E-state index >= 15 is 0 Å². The highest BCUT2D eigenvalue weighted by molar-refractivity contribution is 5.99. The summed E-state index contributed by atoms with van der Waals surface area (Å²) in [6.07, 6.45) is 1.48. The van der Waals surface area contributed by atoms with Gasteiger partial charge in [0, 0.05) is 30.9 Å². The molecule has 0 spiro atoms. The number of carbonyl (C=O) groups excluding carboxylic acids is 1. The third-order valence-electron chi connectivity index (χ3n) is 6.07. The molecule has 36 heavy (non-hydrogen) atoms. The monoisotopic (exact) mass is 488 g/mol. The number of halogens is 1. The average molecular weight is 489 g/mol. The maximum Gasteiger partial charge on any atom is 0.248 e. The highest BCUT2D eigenvalue weighted by Crippen LogP contribution is 2.33. The molecule has 1 aliphatic heterocycles. The fourth-order valence-corrected chi connectivity index (χ4v) is 4.24. The zero-order valence-corrected chi connectivity index (χ0v) is 19.9. The van der Waals surface area contributed by atoms with Crippen molar-refractivity contribution >= 4 is 28.4 Å². The van der Waals surface area contributed by atoms with E-state index in [9.17, 15) is 9.18 Å². The summed E-state index contributed by atoms with van der Waals surface area (Å²) < 4.78 is 24.1. The van der Waals surface area contributed by atoms with Crippen molar-refractivity contribution in [1.82, 2.24) is 20.3 Å². The van der Waals surface area contributed by atoms with Crippen molar-refractivity contribution in [1.29, 1.82) is 0 Å². The Morgan fingerprint density at radius 1 is 1.06 bits per heavy atom. The maximum atomic E-state index is 13.3. The van der Waals surface area contributed by atoms with Crippen LogP contribution in [0.2, 0.25) is 0 Å². The molecule has 0 bridgehead atoms. The molecule has 2 aromatic heterocycles. The van der Waals surface area contributed by atoms with Crippen LogP contribution in [-0.4, -0.2) is 60.8 Å². The van der Waals surface area contributed by atoms with E-state index in [0.717, 1.165) is 5.56 Å². The minimum Gasteiger partial charge on any atom is -0.493 e. The number of rotatable bonds is 6. The van der Waals surface area contributed by atoms with Gasteiger partial charge in [0.15, 0.2) is 17.3 Å². The summed E-state index contributed by atoms with van der Waals surface area (Å²) in [4.78, 5) is 28.9. The van der Waals surface area contributed by atoms with Crippen LogP contribution < -0.4 is 25.0 Å². The maximum absolute atomic E-state index is 13.3. The van der Waals surface area contributed by atoms with Gasteiger partial charge >= 0.3 is 0 Å². The van der Waals surface area contributed by atoms with Gasteiger partial charge in [-0.05, 0) is 54.6 Å². The molecule has 1 saturated heterocycles. The first-order valence-corrected chi connectivity index (χ1v) is 11.5. The van der Waals surface area contributed by atoms with E-state index in [4.69, 9.17) is 14.5 Å². The number of pyridine rings is 1. The Kier molecular flexibility index (Phi) is 6.59. The fraction of sp³-hybridized carbons (Fsp3) is 0.231. The Labute approximate surface area is 207 Å². The zero-order chi connectivity index (χ0) is 25.1. The molecule has 4 aromatic rings. The summed E-state index contributed by atoms with van der Waals surface area (Å²) >= 11 is 0. The van der Waals surface area contributed by atoms with Crippen LogP contribution in [0.25, 0.3) is 22.3 Å². The molecule has 0 aliphatic carbocycles. The number of hydrogen-bond donors (Lipinski definition) is 2. The molecular weight excluding hydrogens is 463 g/mol. The van der Waals surface area contributed by atoms with E-state index in [1.54, 1.807) is 14.2 Å². The number of amides is 1. The van der Waals surface area contributed by atoms with Gasteiger partial charge in [0.1, 0.15) is 23.7 Å². The Hall–Kier alpha value is -4.31. The first-order valence-electron chi connectivity index (χ1n) is 11.5. The van der Waals surface area contributed by atoms with Gasteiger partial charge in [-0.2, -0.15) is 0 Å². The van der Waals surface area contributed by atoms with Crippen LogP contribution in [0.15, 0.2) is 60.9 Å². The molecule has 9 nitrogen and oxygen atoms in total. The van der Waals surface area contributed by atoms with E-state index in [1.165, 1.54) is 30.6 Å².